The van der Waals surface area contributed by atoms with Crippen LogP contribution in [0.3, 0.4) is 0 Å². The van der Waals surface area contributed by atoms with E-state index in [0.717, 1.165) is 102 Å². The minimum Gasteiger partial charge on any atom is -0.431 e. The minimum absolute atomic E-state index is 0.715. The predicted octanol–water partition coefficient (Wildman–Crippen LogP) is 5.27. The van der Waals surface area contributed by atoms with E-state index in [1.165, 1.54) is 0 Å². The van der Waals surface area contributed by atoms with Crippen LogP contribution >= 0.6 is 22.6 Å². The normalized spacial score (nSPS) is 18.5. The Bertz CT molecular complexity index is 1190. The van der Waals surface area contributed by atoms with Crippen LogP contribution < -0.4 is 30.0 Å². The maximum absolute atomic E-state index is 7.06. The summed E-state index contributed by atoms with van der Waals surface area (Å²) in [6.45, 7) is 12.6. The second-order valence-electron chi connectivity index (χ2n) is 14.2. The molecule has 1 unspecified atom stereocenters. The molecule has 0 radical (unpaired) electrons. The molecule has 290 valence electrons. The molecule has 17 heteroatoms. The van der Waals surface area contributed by atoms with E-state index in [1.807, 2.05) is 30.3 Å². The highest BCUT2D eigenvalue weighted by molar-refractivity contribution is 7.83. The fourth-order valence-electron chi connectivity index (χ4n) is 5.04. The van der Waals surface area contributed by atoms with Gasteiger partial charge >= 0.3 is 7.58 Å². The topological polar surface area (TPSA) is 123 Å². The average molecular weight is 760 g/mol. The zero-order valence-corrected chi connectivity index (χ0v) is 35.7. The standard InChI is InChI=1S/C33H72N13OP3/c1-12-32-18-20-33(21-19-32)47-50(38-26-17-31-46(10)11)40-48(34-22-13-27-42(2)3,35-23-14-28-43(4)5)39-49(41-50,36-24-15-29-44(6)7)37-25-16-30-45(8)9/h12,18-21,34-38H,1,13-17,22-31H2,2-11H3. The number of nitrogens with zero attached hydrogens (tertiary/aromatic N) is 8. The lowest BCUT2D eigenvalue weighted by atomic mass is 10.2. The van der Waals surface area contributed by atoms with E-state index in [4.69, 9.17) is 18.1 Å². The molecule has 0 aromatic heterocycles. The molecule has 0 aliphatic carbocycles. The van der Waals surface area contributed by atoms with Gasteiger partial charge in [0.2, 0.25) is 15.0 Å². The molecule has 1 aliphatic rings. The lowest BCUT2D eigenvalue weighted by molar-refractivity contribution is 0.398. The number of rotatable bonds is 28. The van der Waals surface area contributed by atoms with Gasteiger partial charge in [0.05, 0.1) is 0 Å². The molecule has 0 saturated heterocycles. The Morgan fingerprint density at radius 1 is 0.520 bits per heavy atom. The van der Waals surface area contributed by atoms with Crippen LogP contribution in [-0.4, -0.2) is 160 Å². The van der Waals surface area contributed by atoms with Crippen LogP contribution in [0.4, 0.5) is 0 Å². The van der Waals surface area contributed by atoms with Gasteiger partial charge in [-0.25, -0.2) is 5.09 Å². The number of benzene rings is 1. The van der Waals surface area contributed by atoms with Crippen LogP contribution in [0.15, 0.2) is 44.4 Å². The van der Waals surface area contributed by atoms with Crippen LogP contribution in [0.25, 0.3) is 6.08 Å². The summed E-state index contributed by atoms with van der Waals surface area (Å²) in [7, 11) is 12.6. The van der Waals surface area contributed by atoms with Crippen molar-refractivity contribution in [3.63, 3.8) is 0 Å². The molecule has 14 nitrogen and oxygen atoms in total. The lowest BCUT2D eigenvalue weighted by Crippen LogP contribution is -2.32. The summed E-state index contributed by atoms with van der Waals surface area (Å²) in [5.74, 6) is 0.732. The van der Waals surface area contributed by atoms with Crippen molar-refractivity contribution in [3.8, 4) is 5.75 Å². The molecular formula is C33H72N13OP3. The SMILES string of the molecule is C=Cc1ccc(OP2(NCCCN(C)C)=NP(NCCCN(C)C)(NCCCN(C)C)=NP(NCCCN(C)C)(NCCCN(C)C)=N2)cc1. The summed E-state index contributed by atoms with van der Waals surface area (Å²) in [5.41, 5.74) is 1.04. The minimum atomic E-state index is -3.04. The van der Waals surface area contributed by atoms with E-state index in [1.54, 1.807) is 0 Å². The van der Waals surface area contributed by atoms with Gasteiger partial charge in [0, 0.05) is 32.7 Å². The van der Waals surface area contributed by atoms with Gasteiger partial charge in [0.1, 0.15) is 5.75 Å². The van der Waals surface area contributed by atoms with Crippen molar-refractivity contribution < 1.29 is 4.52 Å². The molecule has 50 heavy (non-hydrogen) atoms. The van der Waals surface area contributed by atoms with Gasteiger partial charge in [0.15, 0.2) is 0 Å². The molecule has 1 heterocycles. The zero-order chi connectivity index (χ0) is 37.0. The van der Waals surface area contributed by atoms with Crippen molar-refractivity contribution in [2.75, 3.05) is 136 Å². The molecule has 1 aromatic rings. The Kier molecular flexibility index (Phi) is 21.4. The van der Waals surface area contributed by atoms with Crippen LogP contribution in [0, 0.1) is 0 Å². The van der Waals surface area contributed by atoms with Crippen LogP contribution in [0.2, 0.25) is 0 Å². The highest BCUT2D eigenvalue weighted by Crippen LogP contribution is 2.72. The van der Waals surface area contributed by atoms with Gasteiger partial charge in [-0.3, -0.25) is 20.3 Å². The Labute approximate surface area is 306 Å². The zero-order valence-electron chi connectivity index (χ0n) is 33.0. The maximum atomic E-state index is 7.06. The Hall–Kier alpha value is -0.950. The van der Waals surface area contributed by atoms with Gasteiger partial charge in [-0.2, -0.15) is 13.5 Å². The van der Waals surface area contributed by atoms with Crippen molar-refractivity contribution in [1.29, 1.82) is 0 Å². The third-order valence-electron chi connectivity index (χ3n) is 7.67. The quantitative estimate of drug-likeness (QED) is 0.0568. The molecule has 1 aromatic carbocycles. The van der Waals surface area contributed by atoms with Gasteiger partial charge in [0.25, 0.3) is 0 Å². The predicted molar refractivity (Wildman–Crippen MR) is 221 cm³/mol. The van der Waals surface area contributed by atoms with Crippen molar-refractivity contribution >= 4 is 28.7 Å². The number of nitrogens with one attached hydrogen (secondary N) is 5. The lowest BCUT2D eigenvalue weighted by Gasteiger charge is -2.37. The van der Waals surface area contributed by atoms with E-state index in [-0.39, 0.29) is 0 Å². The third-order valence-corrected chi connectivity index (χ3v) is 17.5. The summed E-state index contributed by atoms with van der Waals surface area (Å²) < 4.78 is 24.1. The van der Waals surface area contributed by atoms with Crippen LogP contribution in [0.1, 0.15) is 37.7 Å². The summed E-state index contributed by atoms with van der Waals surface area (Å²) in [6.07, 6.45) is 6.67. The molecule has 1 atom stereocenters. The fourth-order valence-corrected chi connectivity index (χ4v) is 16.6. The molecule has 0 fully saturated rings. The highest BCUT2D eigenvalue weighted by Gasteiger charge is 2.39. The first kappa shape index (κ1) is 45.2. The van der Waals surface area contributed by atoms with Crippen molar-refractivity contribution in [3.05, 3.63) is 36.4 Å². The molecule has 1 aliphatic heterocycles. The molecule has 0 spiro atoms. The van der Waals surface area contributed by atoms with Crippen molar-refractivity contribution in [2.45, 2.75) is 32.1 Å². The second-order valence-corrected chi connectivity index (χ2v) is 21.6. The molecule has 0 saturated carbocycles. The molecule has 0 bridgehead atoms. The van der Waals surface area contributed by atoms with E-state index >= 15 is 0 Å². The Balaban J connectivity index is 2.82. The first-order valence-electron chi connectivity index (χ1n) is 18.0. The van der Waals surface area contributed by atoms with Crippen LogP contribution in [-0.2, 0) is 0 Å². The highest BCUT2D eigenvalue weighted by atomic mass is 31.3. The molecule has 0 amide bonds. The van der Waals surface area contributed by atoms with Crippen molar-refractivity contribution in [1.82, 2.24) is 49.9 Å². The second kappa shape index (κ2) is 23.7. The first-order chi connectivity index (χ1) is 23.7. The van der Waals surface area contributed by atoms with Gasteiger partial charge in [-0.05, 0) is 153 Å². The third kappa shape index (κ3) is 18.2. The summed E-state index contributed by atoms with van der Waals surface area (Å²) >= 11 is 0. The van der Waals surface area contributed by atoms with Gasteiger partial charge in [-0.1, -0.05) is 24.8 Å². The van der Waals surface area contributed by atoms with E-state index in [0.29, 0.717) is 6.54 Å². The number of hydrogen-bond donors (Lipinski definition) is 5. The summed E-state index contributed by atoms with van der Waals surface area (Å²) in [5, 5.41) is 19.4. The van der Waals surface area contributed by atoms with Crippen molar-refractivity contribution in [2.24, 2.45) is 13.5 Å². The van der Waals surface area contributed by atoms with Crippen LogP contribution in [0.5, 0.6) is 5.75 Å². The summed E-state index contributed by atoms with van der Waals surface area (Å²) in [6, 6.07) is 8.06. The van der Waals surface area contributed by atoms with E-state index < -0.39 is 22.6 Å². The fraction of sp³-hybridized carbons (Fsp3) is 0.758. The smallest absolute Gasteiger partial charge is 0.331 e. The Morgan fingerprint density at radius 2 is 0.860 bits per heavy atom. The molecular weight excluding hydrogens is 687 g/mol. The van der Waals surface area contributed by atoms with E-state index in [2.05, 4.69) is 127 Å². The summed E-state index contributed by atoms with van der Waals surface area (Å²) in [4.78, 5) is 11.1. The van der Waals surface area contributed by atoms with E-state index in [9.17, 15) is 0 Å². The Morgan fingerprint density at radius 3 is 1.20 bits per heavy atom. The molecule has 2 rings (SSSR count). The maximum Gasteiger partial charge on any atom is 0.331 e. The number of hydrogen-bond acceptors (Lipinski definition) is 14. The largest absolute Gasteiger partial charge is 0.431 e. The first-order valence-corrected chi connectivity index (χ1v) is 23.0. The average Bonchev–Trinajstić information content (AvgIpc) is 3.04. The van der Waals surface area contributed by atoms with Gasteiger partial charge < -0.3 is 29.0 Å². The monoisotopic (exact) mass is 760 g/mol. The molecule has 5 N–H and O–H groups in total. The van der Waals surface area contributed by atoms with Gasteiger partial charge in [-0.15, -0.1) is 0 Å².